The molecule has 0 bridgehead atoms. The van der Waals surface area contributed by atoms with E-state index in [2.05, 4.69) is 32.0 Å². The Morgan fingerprint density at radius 2 is 2.35 bits per heavy atom. The van der Waals surface area contributed by atoms with E-state index >= 15 is 0 Å². The molecule has 1 aromatic carbocycles. The van der Waals surface area contributed by atoms with Crippen LogP contribution in [0.1, 0.15) is 24.5 Å². The third-order valence-corrected chi connectivity index (χ3v) is 4.43. The monoisotopic (exact) mass is 252 g/mol. The predicted molar refractivity (Wildman–Crippen MR) is 72.9 cm³/mol. The van der Waals surface area contributed by atoms with E-state index in [0.29, 0.717) is 11.4 Å². The molecule has 0 aliphatic carbocycles. The van der Waals surface area contributed by atoms with Gasteiger partial charge in [0.25, 0.3) is 0 Å². The summed E-state index contributed by atoms with van der Waals surface area (Å²) in [4.78, 5) is 0. The maximum absolute atomic E-state index is 8.86. The van der Waals surface area contributed by atoms with Crippen molar-refractivity contribution in [2.24, 2.45) is 0 Å². The van der Waals surface area contributed by atoms with Crippen molar-refractivity contribution < 1.29 is 9.84 Å². The fourth-order valence-corrected chi connectivity index (χ4v) is 3.08. The van der Waals surface area contributed by atoms with Crippen LogP contribution in [0.3, 0.4) is 0 Å². The summed E-state index contributed by atoms with van der Waals surface area (Å²) >= 11 is 1.89. The molecule has 1 N–H and O–H groups in total. The van der Waals surface area contributed by atoms with Gasteiger partial charge in [0.15, 0.2) is 0 Å². The molecule has 0 spiro atoms. The highest BCUT2D eigenvalue weighted by Gasteiger charge is 2.23. The summed E-state index contributed by atoms with van der Waals surface area (Å²) in [5.41, 5.74) is 2.64. The van der Waals surface area contributed by atoms with Crippen LogP contribution in [0.25, 0.3) is 0 Å². The quantitative estimate of drug-likeness (QED) is 0.874. The highest BCUT2D eigenvalue weighted by molar-refractivity contribution is 7.99. The number of fused-ring (bicyclic) bond motifs is 1. The zero-order chi connectivity index (χ0) is 12.3. The highest BCUT2D eigenvalue weighted by Crippen LogP contribution is 2.31. The average molecular weight is 252 g/mol. The van der Waals surface area contributed by atoms with Gasteiger partial charge in [-0.15, -0.1) is 0 Å². The summed E-state index contributed by atoms with van der Waals surface area (Å²) in [5, 5.41) is 9.36. The minimum atomic E-state index is 0.277. The van der Waals surface area contributed by atoms with Crippen molar-refractivity contribution in [3.05, 3.63) is 29.3 Å². The average Bonchev–Trinajstić information content (AvgIpc) is 2.68. The Balaban J connectivity index is 1.84. The third kappa shape index (κ3) is 3.39. The molecule has 3 heteroatoms. The van der Waals surface area contributed by atoms with Gasteiger partial charge in [-0.1, -0.05) is 24.6 Å². The minimum Gasteiger partial charge on any atom is -0.489 e. The minimum absolute atomic E-state index is 0.277. The second-order valence-corrected chi connectivity index (χ2v) is 6.18. The Hall–Kier alpha value is -0.670. The zero-order valence-corrected chi connectivity index (χ0v) is 11.3. The Morgan fingerprint density at radius 3 is 3.12 bits per heavy atom. The number of thioether (sulfide) groups is 1. The van der Waals surface area contributed by atoms with Crippen LogP contribution >= 0.6 is 11.8 Å². The van der Waals surface area contributed by atoms with Crippen molar-refractivity contribution in [1.82, 2.24) is 0 Å². The molecule has 0 fully saturated rings. The number of aliphatic hydroxyl groups excluding tert-OH is 1. The third-order valence-electron chi connectivity index (χ3n) is 3.06. The summed E-state index contributed by atoms with van der Waals surface area (Å²) in [5.74, 6) is 2.06. The molecule has 0 saturated heterocycles. The number of hydrogen-bond acceptors (Lipinski definition) is 3. The Kier molecular flexibility index (Phi) is 4.35. The molecule has 0 saturated carbocycles. The van der Waals surface area contributed by atoms with Crippen LogP contribution in [-0.4, -0.2) is 28.8 Å². The van der Waals surface area contributed by atoms with Gasteiger partial charge in [0.1, 0.15) is 11.9 Å². The van der Waals surface area contributed by atoms with Crippen LogP contribution in [0.5, 0.6) is 5.75 Å². The van der Waals surface area contributed by atoms with Gasteiger partial charge in [-0.3, -0.25) is 0 Å². The standard InChI is InChI=1S/C14H20O2S/c1-10-3-4-14-12(7-10)8-13(16-14)9-17-11(2)5-6-15/h3-4,7,11,13,15H,5-6,8-9H2,1-2H3. The largest absolute Gasteiger partial charge is 0.489 e. The van der Waals surface area contributed by atoms with Crippen molar-refractivity contribution in [3.8, 4) is 5.75 Å². The smallest absolute Gasteiger partial charge is 0.123 e. The molecule has 2 rings (SSSR count). The van der Waals surface area contributed by atoms with Gasteiger partial charge in [-0.05, 0) is 25.0 Å². The Bertz CT molecular complexity index is 378. The van der Waals surface area contributed by atoms with Gasteiger partial charge in [-0.2, -0.15) is 11.8 Å². The summed E-state index contributed by atoms with van der Waals surface area (Å²) in [6.45, 7) is 4.55. The number of ether oxygens (including phenoxy) is 1. The predicted octanol–water partition coefficient (Wildman–Crippen LogP) is 2.80. The van der Waals surface area contributed by atoms with E-state index in [1.807, 2.05) is 11.8 Å². The van der Waals surface area contributed by atoms with Crippen molar-refractivity contribution in [2.45, 2.75) is 38.0 Å². The molecule has 0 aromatic heterocycles. The van der Waals surface area contributed by atoms with Gasteiger partial charge in [0.2, 0.25) is 0 Å². The number of hydrogen-bond donors (Lipinski definition) is 1. The molecule has 0 amide bonds. The van der Waals surface area contributed by atoms with Crippen LogP contribution in [0.4, 0.5) is 0 Å². The molecule has 1 heterocycles. The highest BCUT2D eigenvalue weighted by atomic mass is 32.2. The van der Waals surface area contributed by atoms with Gasteiger partial charge in [-0.25, -0.2) is 0 Å². The lowest BCUT2D eigenvalue weighted by molar-refractivity contribution is 0.258. The second-order valence-electron chi connectivity index (χ2n) is 4.71. The topological polar surface area (TPSA) is 29.5 Å². The lowest BCUT2D eigenvalue weighted by Gasteiger charge is -2.13. The fraction of sp³-hybridized carbons (Fsp3) is 0.571. The normalized spacial score (nSPS) is 19.8. The molecule has 17 heavy (non-hydrogen) atoms. The van der Waals surface area contributed by atoms with Crippen LogP contribution in [-0.2, 0) is 6.42 Å². The van der Waals surface area contributed by atoms with E-state index in [1.165, 1.54) is 11.1 Å². The molecule has 2 unspecified atom stereocenters. The van der Waals surface area contributed by atoms with Gasteiger partial charge in [0.05, 0.1) is 0 Å². The lowest BCUT2D eigenvalue weighted by Crippen LogP contribution is -2.18. The summed E-state index contributed by atoms with van der Waals surface area (Å²) < 4.78 is 5.91. The summed E-state index contributed by atoms with van der Waals surface area (Å²) in [7, 11) is 0. The van der Waals surface area contributed by atoms with Crippen molar-refractivity contribution in [2.75, 3.05) is 12.4 Å². The SMILES string of the molecule is Cc1ccc2c(c1)CC(CSC(C)CCO)O2. The lowest BCUT2D eigenvalue weighted by atomic mass is 10.1. The number of benzene rings is 1. The number of aliphatic hydroxyl groups is 1. The van der Waals surface area contributed by atoms with Gasteiger partial charge in [0, 0.05) is 24.0 Å². The maximum Gasteiger partial charge on any atom is 0.123 e. The number of rotatable bonds is 5. The van der Waals surface area contributed by atoms with E-state index in [9.17, 15) is 0 Å². The first-order valence-electron chi connectivity index (χ1n) is 6.17. The molecule has 1 aliphatic rings. The Labute approximate surface area is 107 Å². The van der Waals surface area contributed by atoms with E-state index in [4.69, 9.17) is 9.84 Å². The first-order valence-corrected chi connectivity index (χ1v) is 7.22. The van der Waals surface area contributed by atoms with Gasteiger partial charge >= 0.3 is 0 Å². The molecule has 1 aromatic rings. The van der Waals surface area contributed by atoms with E-state index in [-0.39, 0.29) is 6.61 Å². The summed E-state index contributed by atoms with van der Waals surface area (Å²) in [6, 6.07) is 6.40. The molecule has 1 aliphatic heterocycles. The maximum atomic E-state index is 8.86. The van der Waals surface area contributed by atoms with Crippen molar-refractivity contribution >= 4 is 11.8 Å². The molecular formula is C14H20O2S. The molecule has 2 atom stereocenters. The summed E-state index contributed by atoms with van der Waals surface area (Å²) in [6.07, 6.45) is 2.19. The van der Waals surface area contributed by atoms with E-state index < -0.39 is 0 Å². The van der Waals surface area contributed by atoms with Crippen molar-refractivity contribution in [3.63, 3.8) is 0 Å². The van der Waals surface area contributed by atoms with Crippen LogP contribution in [0, 0.1) is 6.92 Å². The van der Waals surface area contributed by atoms with E-state index in [0.717, 1.165) is 24.3 Å². The molecule has 0 radical (unpaired) electrons. The van der Waals surface area contributed by atoms with Crippen LogP contribution in [0.15, 0.2) is 18.2 Å². The van der Waals surface area contributed by atoms with Crippen LogP contribution in [0.2, 0.25) is 0 Å². The zero-order valence-electron chi connectivity index (χ0n) is 10.5. The Morgan fingerprint density at radius 1 is 1.53 bits per heavy atom. The van der Waals surface area contributed by atoms with Crippen molar-refractivity contribution in [1.29, 1.82) is 0 Å². The fourth-order valence-electron chi connectivity index (χ4n) is 2.08. The van der Waals surface area contributed by atoms with Gasteiger partial charge < -0.3 is 9.84 Å². The molecule has 94 valence electrons. The number of aryl methyl sites for hydroxylation is 1. The molecular weight excluding hydrogens is 232 g/mol. The first kappa shape index (κ1) is 12.8. The van der Waals surface area contributed by atoms with E-state index in [1.54, 1.807) is 0 Å². The first-order chi connectivity index (χ1) is 8.19. The second kappa shape index (κ2) is 5.78. The van der Waals surface area contributed by atoms with Crippen LogP contribution < -0.4 is 4.74 Å². The molecule has 2 nitrogen and oxygen atoms in total.